The minimum Gasteiger partial charge on any atom is -0.383 e. The number of aromatic nitrogens is 5. The third-order valence-electron chi connectivity index (χ3n) is 6.57. The standard InChI is InChI=1S/C24H37N7O/c1-18-15-23(20-16-25-29(4)24(20)26-18)30-12-9-22-21(17-30)19(2)27-31(22)11-8-6-7-10-28(3)13-14-32-5/h15-16H,6-14,17H2,1-5H3. The van der Waals surface area contributed by atoms with Crippen LogP contribution in [0.1, 0.15) is 41.9 Å². The smallest absolute Gasteiger partial charge is 0.159 e. The molecule has 0 radical (unpaired) electrons. The Morgan fingerprint density at radius 1 is 1.16 bits per heavy atom. The van der Waals surface area contributed by atoms with Crippen molar-refractivity contribution in [3.8, 4) is 0 Å². The fourth-order valence-corrected chi connectivity index (χ4v) is 4.71. The van der Waals surface area contributed by atoms with E-state index in [2.05, 4.69) is 51.5 Å². The Hall–Kier alpha value is -2.45. The largest absolute Gasteiger partial charge is 0.383 e. The van der Waals surface area contributed by atoms with Crippen LogP contribution in [0.3, 0.4) is 0 Å². The molecule has 4 heterocycles. The lowest BCUT2D eigenvalue weighted by molar-refractivity contribution is 0.160. The van der Waals surface area contributed by atoms with Crippen molar-refractivity contribution in [1.29, 1.82) is 0 Å². The van der Waals surface area contributed by atoms with Gasteiger partial charge >= 0.3 is 0 Å². The first kappa shape index (κ1) is 22.7. The molecule has 0 N–H and O–H groups in total. The molecule has 32 heavy (non-hydrogen) atoms. The maximum atomic E-state index is 5.15. The number of ether oxygens (including phenoxy) is 1. The average molecular weight is 440 g/mol. The molecule has 3 aromatic heterocycles. The molecule has 0 unspecified atom stereocenters. The van der Waals surface area contributed by atoms with Crippen molar-refractivity contribution < 1.29 is 4.74 Å². The predicted octanol–water partition coefficient (Wildman–Crippen LogP) is 3.09. The Balaban J connectivity index is 1.39. The molecule has 0 saturated heterocycles. The van der Waals surface area contributed by atoms with E-state index in [-0.39, 0.29) is 0 Å². The van der Waals surface area contributed by atoms with Gasteiger partial charge in [0, 0.05) is 63.7 Å². The lowest BCUT2D eigenvalue weighted by atomic mass is 10.0. The van der Waals surface area contributed by atoms with Crippen molar-refractivity contribution in [1.82, 2.24) is 29.4 Å². The summed E-state index contributed by atoms with van der Waals surface area (Å²) in [5.74, 6) is 0. The van der Waals surface area contributed by atoms with Gasteiger partial charge in [-0.2, -0.15) is 10.2 Å². The SMILES string of the molecule is COCCN(C)CCCCCn1nc(C)c2c1CCN(c1cc(C)nc3c1cnn3C)C2. The highest BCUT2D eigenvalue weighted by atomic mass is 16.5. The van der Waals surface area contributed by atoms with Crippen LogP contribution in [0, 0.1) is 13.8 Å². The fourth-order valence-electron chi connectivity index (χ4n) is 4.71. The summed E-state index contributed by atoms with van der Waals surface area (Å²) in [6, 6.07) is 2.19. The average Bonchev–Trinajstić information content (AvgIpc) is 3.31. The summed E-state index contributed by atoms with van der Waals surface area (Å²) in [6.07, 6.45) is 6.59. The predicted molar refractivity (Wildman–Crippen MR) is 128 cm³/mol. The van der Waals surface area contributed by atoms with Crippen molar-refractivity contribution in [2.75, 3.05) is 45.3 Å². The summed E-state index contributed by atoms with van der Waals surface area (Å²) in [5, 5.41) is 10.5. The van der Waals surface area contributed by atoms with Crippen molar-refractivity contribution in [2.45, 2.75) is 52.6 Å². The Morgan fingerprint density at radius 3 is 2.81 bits per heavy atom. The van der Waals surface area contributed by atoms with Gasteiger partial charge in [-0.25, -0.2) is 4.98 Å². The van der Waals surface area contributed by atoms with Gasteiger partial charge in [0.25, 0.3) is 0 Å². The van der Waals surface area contributed by atoms with Crippen LogP contribution in [0.4, 0.5) is 5.69 Å². The van der Waals surface area contributed by atoms with E-state index in [1.54, 1.807) is 7.11 Å². The van der Waals surface area contributed by atoms with Crippen LogP contribution in [0.15, 0.2) is 12.3 Å². The van der Waals surface area contributed by atoms with Gasteiger partial charge in [0.05, 0.1) is 29.6 Å². The number of hydrogen-bond acceptors (Lipinski definition) is 6. The maximum Gasteiger partial charge on any atom is 0.159 e. The van der Waals surface area contributed by atoms with Gasteiger partial charge in [-0.3, -0.25) is 9.36 Å². The van der Waals surface area contributed by atoms with Crippen LogP contribution in [0.2, 0.25) is 0 Å². The summed E-state index contributed by atoms with van der Waals surface area (Å²) in [5.41, 5.74) is 7.19. The molecule has 174 valence electrons. The summed E-state index contributed by atoms with van der Waals surface area (Å²) in [4.78, 5) is 9.49. The zero-order valence-electron chi connectivity index (χ0n) is 20.3. The summed E-state index contributed by atoms with van der Waals surface area (Å²) < 4.78 is 9.29. The van der Waals surface area contributed by atoms with Gasteiger partial charge in [0.2, 0.25) is 0 Å². The number of rotatable bonds is 10. The number of hydrogen-bond donors (Lipinski definition) is 0. The normalized spacial score (nSPS) is 14.0. The Labute approximate surface area is 191 Å². The minimum atomic E-state index is 0.803. The zero-order chi connectivity index (χ0) is 22.7. The molecule has 0 amide bonds. The van der Waals surface area contributed by atoms with E-state index in [9.17, 15) is 0 Å². The molecule has 0 saturated carbocycles. The van der Waals surface area contributed by atoms with Gasteiger partial charge in [-0.1, -0.05) is 6.42 Å². The number of anilines is 1. The molecule has 1 aliphatic rings. The van der Waals surface area contributed by atoms with Crippen LogP contribution in [0.25, 0.3) is 11.0 Å². The molecule has 0 fully saturated rings. The molecule has 4 rings (SSSR count). The fraction of sp³-hybridized carbons (Fsp3) is 0.625. The van der Waals surface area contributed by atoms with E-state index in [4.69, 9.17) is 9.84 Å². The molecule has 8 nitrogen and oxygen atoms in total. The monoisotopic (exact) mass is 439 g/mol. The van der Waals surface area contributed by atoms with E-state index < -0.39 is 0 Å². The number of methoxy groups -OCH3 is 1. The second kappa shape index (κ2) is 10.0. The quantitative estimate of drug-likeness (QED) is 0.453. The minimum absolute atomic E-state index is 0.803. The topological polar surface area (TPSA) is 64.2 Å². The zero-order valence-corrected chi connectivity index (χ0v) is 20.3. The van der Waals surface area contributed by atoms with Crippen molar-refractivity contribution in [3.05, 3.63) is 34.9 Å². The summed E-state index contributed by atoms with van der Waals surface area (Å²) in [7, 11) is 5.89. The van der Waals surface area contributed by atoms with Crippen molar-refractivity contribution >= 4 is 16.7 Å². The van der Waals surface area contributed by atoms with Crippen LogP contribution in [-0.4, -0.2) is 69.8 Å². The summed E-state index contributed by atoms with van der Waals surface area (Å²) in [6.45, 7) is 10.1. The second-order valence-corrected chi connectivity index (χ2v) is 9.05. The van der Waals surface area contributed by atoms with Gasteiger partial charge in [0.1, 0.15) is 0 Å². The van der Waals surface area contributed by atoms with Crippen molar-refractivity contribution in [3.63, 3.8) is 0 Å². The lowest BCUT2D eigenvalue weighted by Gasteiger charge is -2.30. The van der Waals surface area contributed by atoms with E-state index >= 15 is 0 Å². The van der Waals surface area contributed by atoms with E-state index in [1.807, 2.05) is 17.9 Å². The highest BCUT2D eigenvalue weighted by Gasteiger charge is 2.25. The first-order valence-electron chi connectivity index (χ1n) is 11.7. The molecular weight excluding hydrogens is 402 g/mol. The Kier molecular flexibility index (Phi) is 7.10. The number of likely N-dealkylation sites (N-methyl/N-ethyl adjacent to an activating group) is 1. The molecule has 0 bridgehead atoms. The van der Waals surface area contributed by atoms with Crippen LogP contribution >= 0.6 is 0 Å². The molecule has 0 spiro atoms. The van der Waals surface area contributed by atoms with E-state index in [0.717, 1.165) is 68.2 Å². The Bertz CT molecular complexity index is 1050. The number of nitrogens with zero attached hydrogens (tertiary/aromatic N) is 7. The molecule has 0 aliphatic carbocycles. The first-order valence-corrected chi connectivity index (χ1v) is 11.7. The van der Waals surface area contributed by atoms with Gasteiger partial charge in [0.15, 0.2) is 5.65 Å². The number of unbranched alkanes of at least 4 members (excludes halogenated alkanes) is 2. The van der Waals surface area contributed by atoms with Gasteiger partial charge in [-0.15, -0.1) is 0 Å². The van der Waals surface area contributed by atoms with Crippen LogP contribution in [0.5, 0.6) is 0 Å². The highest BCUT2D eigenvalue weighted by molar-refractivity contribution is 5.89. The molecule has 8 heteroatoms. The second-order valence-electron chi connectivity index (χ2n) is 9.05. The van der Waals surface area contributed by atoms with Gasteiger partial charge in [-0.05, 0) is 46.3 Å². The van der Waals surface area contributed by atoms with Crippen LogP contribution < -0.4 is 4.90 Å². The van der Waals surface area contributed by atoms with Crippen LogP contribution in [-0.2, 0) is 31.3 Å². The van der Waals surface area contributed by atoms with E-state index in [0.29, 0.717) is 0 Å². The highest BCUT2D eigenvalue weighted by Crippen LogP contribution is 2.32. The number of fused-ring (bicyclic) bond motifs is 2. The Morgan fingerprint density at radius 2 is 2.00 bits per heavy atom. The summed E-state index contributed by atoms with van der Waals surface area (Å²) >= 11 is 0. The molecular formula is C24H37N7O. The maximum absolute atomic E-state index is 5.15. The lowest BCUT2D eigenvalue weighted by Crippen LogP contribution is -2.31. The first-order chi connectivity index (χ1) is 15.5. The number of pyridine rings is 1. The number of aryl methyl sites for hydroxylation is 4. The third-order valence-corrected chi connectivity index (χ3v) is 6.57. The van der Waals surface area contributed by atoms with Gasteiger partial charge < -0.3 is 14.5 Å². The van der Waals surface area contributed by atoms with E-state index in [1.165, 1.54) is 36.2 Å². The molecule has 0 aromatic carbocycles. The molecule has 3 aromatic rings. The van der Waals surface area contributed by atoms with Crippen molar-refractivity contribution in [2.24, 2.45) is 7.05 Å². The molecule has 0 atom stereocenters. The third kappa shape index (κ3) is 4.81. The molecule has 1 aliphatic heterocycles.